The van der Waals surface area contributed by atoms with E-state index in [4.69, 9.17) is 32.7 Å². The van der Waals surface area contributed by atoms with E-state index < -0.39 is 23.6 Å². The van der Waals surface area contributed by atoms with Crippen LogP contribution in [0.5, 0.6) is 11.5 Å². The standard InChI is InChI=1S/C26H19BrCl2N2O5S/c1-35-21-4-2-3-15(24(21)36-14-16-5-8-18(28)12-20(16)29)11-22-25(33)31(26(34)37-22)13-23(32)30-19-9-6-17(27)7-10-19/h2-12H,13-14H2,1H3,(H,30,32)/b22-11+. The fourth-order valence-electron chi connectivity index (χ4n) is 3.41. The molecule has 1 aliphatic rings. The van der Waals surface area contributed by atoms with Gasteiger partial charge in [-0.2, -0.15) is 0 Å². The Bertz CT molecular complexity index is 1400. The van der Waals surface area contributed by atoms with Crippen molar-refractivity contribution in [3.05, 3.63) is 91.2 Å². The number of carbonyl (C=O) groups is 3. The van der Waals surface area contributed by atoms with Crippen molar-refractivity contribution in [2.45, 2.75) is 6.61 Å². The van der Waals surface area contributed by atoms with Crippen LogP contribution in [0.15, 0.2) is 70.0 Å². The van der Waals surface area contributed by atoms with Gasteiger partial charge in [0, 0.05) is 31.3 Å². The Morgan fingerprint density at radius 2 is 1.86 bits per heavy atom. The third-order valence-corrected chi connectivity index (χ3v) is 7.23. The van der Waals surface area contributed by atoms with Crippen molar-refractivity contribution >= 4 is 79.7 Å². The summed E-state index contributed by atoms with van der Waals surface area (Å²) in [4.78, 5) is 39.1. The normalized spacial score (nSPS) is 14.3. The van der Waals surface area contributed by atoms with Crippen LogP contribution in [0.3, 0.4) is 0 Å². The average molecular weight is 622 g/mol. The number of ether oxygens (including phenoxy) is 2. The number of methoxy groups -OCH3 is 1. The predicted molar refractivity (Wildman–Crippen MR) is 149 cm³/mol. The van der Waals surface area contributed by atoms with Gasteiger partial charge in [-0.25, -0.2) is 0 Å². The molecular formula is C26H19BrCl2N2O5S. The van der Waals surface area contributed by atoms with Crippen LogP contribution in [-0.4, -0.2) is 35.6 Å². The van der Waals surface area contributed by atoms with Crippen LogP contribution in [0, 0.1) is 0 Å². The molecule has 190 valence electrons. The molecule has 0 aromatic heterocycles. The zero-order chi connectivity index (χ0) is 26.5. The van der Waals surface area contributed by atoms with E-state index in [2.05, 4.69) is 21.2 Å². The number of halogens is 3. The van der Waals surface area contributed by atoms with Crippen molar-refractivity contribution in [3.8, 4) is 11.5 Å². The molecule has 37 heavy (non-hydrogen) atoms. The summed E-state index contributed by atoms with van der Waals surface area (Å²) >= 11 is 16.3. The number of rotatable bonds is 8. The molecule has 0 bridgehead atoms. The maximum atomic E-state index is 13.0. The van der Waals surface area contributed by atoms with E-state index in [0.29, 0.717) is 38.4 Å². The van der Waals surface area contributed by atoms with Gasteiger partial charge in [0.25, 0.3) is 11.1 Å². The fourth-order valence-corrected chi connectivity index (χ4v) is 4.96. The highest BCUT2D eigenvalue weighted by Crippen LogP contribution is 2.38. The summed E-state index contributed by atoms with van der Waals surface area (Å²) < 4.78 is 12.3. The van der Waals surface area contributed by atoms with Gasteiger partial charge in [-0.05, 0) is 60.3 Å². The van der Waals surface area contributed by atoms with Gasteiger partial charge in [0.2, 0.25) is 5.91 Å². The maximum Gasteiger partial charge on any atom is 0.294 e. The van der Waals surface area contributed by atoms with Crippen molar-refractivity contribution < 1.29 is 23.9 Å². The summed E-state index contributed by atoms with van der Waals surface area (Å²) in [6.07, 6.45) is 1.54. The Morgan fingerprint density at radius 1 is 1.11 bits per heavy atom. The van der Waals surface area contributed by atoms with Crippen LogP contribution in [-0.2, 0) is 16.2 Å². The highest BCUT2D eigenvalue weighted by molar-refractivity contribution is 9.10. The number of nitrogens with one attached hydrogen (secondary N) is 1. The molecule has 7 nitrogen and oxygen atoms in total. The van der Waals surface area contributed by atoms with E-state index in [0.717, 1.165) is 21.1 Å². The third kappa shape index (κ3) is 6.67. The van der Waals surface area contributed by atoms with Gasteiger partial charge in [0.1, 0.15) is 13.2 Å². The van der Waals surface area contributed by atoms with E-state index in [1.165, 1.54) is 7.11 Å². The van der Waals surface area contributed by atoms with E-state index in [-0.39, 0.29) is 11.5 Å². The number of nitrogens with zero attached hydrogens (tertiary/aromatic N) is 1. The highest BCUT2D eigenvalue weighted by Gasteiger charge is 2.36. The van der Waals surface area contributed by atoms with Crippen LogP contribution >= 0.6 is 50.9 Å². The van der Waals surface area contributed by atoms with Gasteiger partial charge in [-0.1, -0.05) is 57.3 Å². The first-order valence-electron chi connectivity index (χ1n) is 10.8. The Kier molecular flexibility index (Phi) is 8.81. The summed E-state index contributed by atoms with van der Waals surface area (Å²) in [5.74, 6) is -0.255. The minimum atomic E-state index is -0.574. The maximum absolute atomic E-state index is 13.0. The fraction of sp³-hybridized carbons (Fsp3) is 0.115. The van der Waals surface area contributed by atoms with Gasteiger partial charge in [0.05, 0.1) is 12.0 Å². The van der Waals surface area contributed by atoms with Crippen LogP contribution < -0.4 is 14.8 Å². The number of thioether (sulfide) groups is 1. The molecule has 1 N–H and O–H groups in total. The van der Waals surface area contributed by atoms with Crippen LogP contribution in [0.4, 0.5) is 10.5 Å². The first-order chi connectivity index (χ1) is 17.7. The predicted octanol–water partition coefficient (Wildman–Crippen LogP) is 7.02. The molecule has 1 fully saturated rings. The van der Waals surface area contributed by atoms with Gasteiger partial charge < -0.3 is 14.8 Å². The second-order valence-corrected chi connectivity index (χ2v) is 10.5. The number of anilines is 1. The summed E-state index contributed by atoms with van der Waals surface area (Å²) in [5, 5.41) is 3.09. The Balaban J connectivity index is 1.51. The van der Waals surface area contributed by atoms with E-state index in [9.17, 15) is 14.4 Å². The highest BCUT2D eigenvalue weighted by atomic mass is 79.9. The number of imide groups is 1. The molecule has 1 heterocycles. The summed E-state index contributed by atoms with van der Waals surface area (Å²) in [7, 11) is 1.50. The van der Waals surface area contributed by atoms with Crippen LogP contribution in [0.2, 0.25) is 10.0 Å². The lowest BCUT2D eigenvalue weighted by Gasteiger charge is -2.15. The van der Waals surface area contributed by atoms with Crippen molar-refractivity contribution in [3.63, 3.8) is 0 Å². The first kappa shape index (κ1) is 27.1. The van der Waals surface area contributed by atoms with E-state index in [1.54, 1.807) is 66.7 Å². The summed E-state index contributed by atoms with van der Waals surface area (Å²) in [5.41, 5.74) is 1.78. The monoisotopic (exact) mass is 620 g/mol. The number of para-hydroxylation sites is 1. The average Bonchev–Trinajstić information content (AvgIpc) is 3.12. The molecule has 1 aliphatic heterocycles. The van der Waals surface area contributed by atoms with Crippen LogP contribution in [0.25, 0.3) is 6.08 Å². The van der Waals surface area contributed by atoms with E-state index in [1.807, 2.05) is 0 Å². The van der Waals surface area contributed by atoms with Gasteiger partial charge >= 0.3 is 0 Å². The smallest absolute Gasteiger partial charge is 0.294 e. The molecule has 3 aromatic rings. The Morgan fingerprint density at radius 3 is 2.57 bits per heavy atom. The molecule has 3 amide bonds. The summed E-state index contributed by atoms with van der Waals surface area (Å²) in [6, 6.07) is 17.2. The molecule has 11 heteroatoms. The van der Waals surface area contributed by atoms with Gasteiger partial charge in [-0.3, -0.25) is 19.3 Å². The quantitative estimate of drug-likeness (QED) is 0.272. The lowest BCUT2D eigenvalue weighted by molar-refractivity contribution is -0.127. The Hall–Kier alpha value is -2.98. The minimum Gasteiger partial charge on any atom is -0.493 e. The molecule has 4 rings (SSSR count). The minimum absolute atomic E-state index is 0.120. The zero-order valence-electron chi connectivity index (χ0n) is 19.3. The number of hydrogen-bond donors (Lipinski definition) is 1. The Labute approximate surface area is 235 Å². The second kappa shape index (κ2) is 12.0. The number of benzene rings is 3. The van der Waals surface area contributed by atoms with Gasteiger partial charge in [-0.15, -0.1) is 0 Å². The van der Waals surface area contributed by atoms with Crippen molar-refractivity contribution in [2.24, 2.45) is 0 Å². The molecule has 3 aromatic carbocycles. The third-order valence-electron chi connectivity index (χ3n) is 5.21. The second-order valence-electron chi connectivity index (χ2n) is 7.73. The van der Waals surface area contributed by atoms with Crippen molar-refractivity contribution in [1.29, 1.82) is 0 Å². The SMILES string of the molecule is COc1cccc(/C=C2/SC(=O)N(CC(=O)Nc3ccc(Br)cc3)C2=O)c1OCc1ccc(Cl)cc1Cl. The van der Waals surface area contributed by atoms with Crippen LogP contribution in [0.1, 0.15) is 11.1 Å². The number of carbonyl (C=O) groups excluding carboxylic acids is 3. The van der Waals surface area contributed by atoms with Crippen molar-refractivity contribution in [2.75, 3.05) is 19.0 Å². The molecular weight excluding hydrogens is 603 g/mol. The molecule has 0 saturated carbocycles. The first-order valence-corrected chi connectivity index (χ1v) is 13.2. The molecule has 0 spiro atoms. The molecule has 0 aliphatic carbocycles. The summed E-state index contributed by atoms with van der Waals surface area (Å²) in [6.45, 7) is -0.288. The zero-order valence-corrected chi connectivity index (χ0v) is 23.2. The molecule has 0 atom stereocenters. The molecule has 1 saturated heterocycles. The molecule has 0 radical (unpaired) electrons. The topological polar surface area (TPSA) is 84.9 Å². The lowest BCUT2D eigenvalue weighted by atomic mass is 10.1. The van der Waals surface area contributed by atoms with Gasteiger partial charge in [0.15, 0.2) is 11.5 Å². The number of hydrogen-bond acceptors (Lipinski definition) is 6. The number of amides is 3. The largest absolute Gasteiger partial charge is 0.493 e. The molecule has 0 unspecified atom stereocenters. The van der Waals surface area contributed by atoms with E-state index >= 15 is 0 Å². The van der Waals surface area contributed by atoms with Crippen molar-refractivity contribution in [1.82, 2.24) is 4.90 Å². The lowest BCUT2D eigenvalue weighted by Crippen LogP contribution is -2.36.